The zero-order valence-corrected chi connectivity index (χ0v) is 11.0. The van der Waals surface area contributed by atoms with Gasteiger partial charge in [-0.2, -0.15) is 0 Å². The van der Waals surface area contributed by atoms with Crippen molar-refractivity contribution in [2.75, 3.05) is 18.0 Å². The first-order valence-corrected chi connectivity index (χ1v) is 6.66. The molecular formula is C14H16N4O2. The molecule has 6 nitrogen and oxygen atoms in total. The molecule has 20 heavy (non-hydrogen) atoms. The van der Waals surface area contributed by atoms with Crippen molar-refractivity contribution in [2.45, 2.75) is 18.9 Å². The van der Waals surface area contributed by atoms with Crippen LogP contribution in [0.25, 0.3) is 10.9 Å². The smallest absolute Gasteiger partial charge is 0.358 e. The molecule has 104 valence electrons. The quantitative estimate of drug-likeness (QED) is 0.855. The van der Waals surface area contributed by atoms with Gasteiger partial charge < -0.3 is 15.7 Å². The first-order chi connectivity index (χ1) is 9.66. The highest BCUT2D eigenvalue weighted by atomic mass is 16.4. The lowest BCUT2D eigenvalue weighted by molar-refractivity contribution is 0.0690. The molecule has 0 radical (unpaired) electrons. The monoisotopic (exact) mass is 272 g/mol. The Balaban J connectivity index is 2.15. The maximum Gasteiger partial charge on any atom is 0.358 e. The normalized spacial score (nSPS) is 16.6. The van der Waals surface area contributed by atoms with E-state index in [0.29, 0.717) is 11.2 Å². The van der Waals surface area contributed by atoms with E-state index in [1.165, 1.54) is 0 Å². The summed E-state index contributed by atoms with van der Waals surface area (Å²) in [6, 6.07) is 7.68. The van der Waals surface area contributed by atoms with E-state index >= 15 is 0 Å². The highest BCUT2D eigenvalue weighted by Gasteiger charge is 2.24. The van der Waals surface area contributed by atoms with Crippen LogP contribution >= 0.6 is 0 Å². The van der Waals surface area contributed by atoms with Crippen LogP contribution in [0, 0.1) is 0 Å². The predicted molar refractivity (Wildman–Crippen MR) is 75.9 cm³/mol. The minimum absolute atomic E-state index is 0.0131. The summed E-state index contributed by atoms with van der Waals surface area (Å²) < 4.78 is 0. The van der Waals surface area contributed by atoms with Crippen molar-refractivity contribution in [1.29, 1.82) is 0 Å². The molecule has 1 aromatic heterocycles. The second-order valence-corrected chi connectivity index (χ2v) is 5.04. The summed E-state index contributed by atoms with van der Waals surface area (Å²) in [4.78, 5) is 13.5. The molecule has 6 heteroatoms. The number of aromatic nitrogens is 2. The zero-order valence-electron chi connectivity index (χ0n) is 11.0. The number of rotatable bonds is 2. The van der Waals surface area contributed by atoms with Crippen molar-refractivity contribution in [2.24, 2.45) is 5.73 Å². The Hall–Kier alpha value is -2.21. The summed E-state index contributed by atoms with van der Waals surface area (Å²) in [5, 5.41) is 18.1. The fraction of sp³-hybridized carbons (Fsp3) is 0.357. The Morgan fingerprint density at radius 1 is 1.25 bits per heavy atom. The lowest BCUT2D eigenvalue weighted by Gasteiger charge is -2.33. The van der Waals surface area contributed by atoms with Gasteiger partial charge in [-0.05, 0) is 18.9 Å². The van der Waals surface area contributed by atoms with Gasteiger partial charge in [-0.25, -0.2) is 4.79 Å². The number of benzene rings is 1. The Bertz CT molecular complexity index is 651. The second-order valence-electron chi connectivity index (χ2n) is 5.04. The summed E-state index contributed by atoms with van der Waals surface area (Å²) in [7, 11) is 0. The summed E-state index contributed by atoms with van der Waals surface area (Å²) in [6.45, 7) is 1.49. The number of carboxylic acids is 1. The molecule has 1 aromatic carbocycles. The van der Waals surface area contributed by atoms with Crippen LogP contribution in [-0.4, -0.2) is 40.4 Å². The molecule has 0 amide bonds. The average Bonchev–Trinajstić information content (AvgIpc) is 2.47. The van der Waals surface area contributed by atoms with Crippen LogP contribution in [0.4, 0.5) is 5.69 Å². The van der Waals surface area contributed by atoms with Crippen molar-refractivity contribution < 1.29 is 9.90 Å². The van der Waals surface area contributed by atoms with Gasteiger partial charge in [0.2, 0.25) is 0 Å². The molecule has 2 aromatic rings. The van der Waals surface area contributed by atoms with Gasteiger partial charge in [0.15, 0.2) is 5.69 Å². The number of carbonyl (C=O) groups is 1. The molecule has 3 N–H and O–H groups in total. The number of hydrogen-bond acceptors (Lipinski definition) is 5. The third kappa shape index (κ3) is 2.18. The lowest BCUT2D eigenvalue weighted by Crippen LogP contribution is -2.40. The fourth-order valence-corrected chi connectivity index (χ4v) is 2.63. The Morgan fingerprint density at radius 3 is 2.65 bits per heavy atom. The van der Waals surface area contributed by atoms with Crippen molar-refractivity contribution >= 4 is 22.6 Å². The maximum absolute atomic E-state index is 11.4. The molecule has 1 aliphatic heterocycles. The molecule has 3 rings (SSSR count). The van der Waals surface area contributed by atoms with Crippen LogP contribution in [0.2, 0.25) is 0 Å². The zero-order chi connectivity index (χ0) is 14.1. The van der Waals surface area contributed by atoms with E-state index < -0.39 is 5.97 Å². The summed E-state index contributed by atoms with van der Waals surface area (Å²) in [5.74, 6) is -1.05. The molecule has 1 fully saturated rings. The van der Waals surface area contributed by atoms with E-state index in [9.17, 15) is 9.90 Å². The molecule has 0 atom stereocenters. The van der Waals surface area contributed by atoms with Gasteiger partial charge >= 0.3 is 5.97 Å². The van der Waals surface area contributed by atoms with Crippen molar-refractivity contribution in [3.8, 4) is 0 Å². The van der Waals surface area contributed by atoms with Crippen molar-refractivity contribution in [3.63, 3.8) is 0 Å². The highest BCUT2D eigenvalue weighted by Crippen LogP contribution is 2.30. The minimum Gasteiger partial charge on any atom is -0.476 e. The van der Waals surface area contributed by atoms with Gasteiger partial charge in [-0.15, -0.1) is 10.2 Å². The Morgan fingerprint density at radius 2 is 1.95 bits per heavy atom. The second kappa shape index (κ2) is 5.05. The largest absolute Gasteiger partial charge is 0.476 e. The molecule has 0 bridgehead atoms. The van der Waals surface area contributed by atoms with Crippen LogP contribution in [0.15, 0.2) is 24.3 Å². The number of piperidine rings is 1. The van der Waals surface area contributed by atoms with Crippen LogP contribution in [-0.2, 0) is 0 Å². The first kappa shape index (κ1) is 12.8. The van der Waals surface area contributed by atoms with E-state index in [2.05, 4.69) is 15.1 Å². The molecule has 0 aliphatic carbocycles. The Kier molecular flexibility index (Phi) is 3.23. The van der Waals surface area contributed by atoms with Gasteiger partial charge in [0, 0.05) is 24.5 Å². The topological polar surface area (TPSA) is 92.3 Å². The van der Waals surface area contributed by atoms with Gasteiger partial charge in [0.05, 0.1) is 11.2 Å². The predicted octanol–water partition coefficient (Wildman–Crippen LogP) is 1.26. The third-order valence-electron chi connectivity index (χ3n) is 3.70. The van der Waals surface area contributed by atoms with Gasteiger partial charge in [-0.3, -0.25) is 0 Å². The minimum atomic E-state index is -1.05. The third-order valence-corrected chi connectivity index (χ3v) is 3.70. The fourth-order valence-electron chi connectivity index (χ4n) is 2.63. The SMILES string of the molecule is NC1CCN(c2c(C(=O)O)nnc3ccccc23)CC1. The van der Waals surface area contributed by atoms with E-state index in [1.54, 1.807) is 0 Å². The van der Waals surface area contributed by atoms with E-state index in [4.69, 9.17) is 5.73 Å². The summed E-state index contributed by atoms with van der Waals surface area (Å²) in [6.07, 6.45) is 1.71. The molecule has 0 saturated carbocycles. The summed E-state index contributed by atoms with van der Waals surface area (Å²) in [5.41, 5.74) is 7.30. The number of aromatic carboxylic acids is 1. The van der Waals surface area contributed by atoms with Gasteiger partial charge in [0.25, 0.3) is 0 Å². The number of anilines is 1. The van der Waals surface area contributed by atoms with Gasteiger partial charge in [0.1, 0.15) is 0 Å². The van der Waals surface area contributed by atoms with Crippen LogP contribution < -0.4 is 10.6 Å². The van der Waals surface area contributed by atoms with Gasteiger partial charge in [-0.1, -0.05) is 18.2 Å². The van der Waals surface area contributed by atoms with Crippen LogP contribution in [0.1, 0.15) is 23.3 Å². The molecule has 0 unspecified atom stereocenters. The summed E-state index contributed by atoms with van der Waals surface area (Å²) >= 11 is 0. The van der Waals surface area contributed by atoms with Crippen molar-refractivity contribution in [3.05, 3.63) is 30.0 Å². The molecule has 1 saturated heterocycles. The lowest BCUT2D eigenvalue weighted by atomic mass is 10.0. The highest BCUT2D eigenvalue weighted by molar-refractivity contribution is 6.02. The molecule has 2 heterocycles. The molecular weight excluding hydrogens is 256 g/mol. The number of nitrogens with two attached hydrogens (primary N) is 1. The first-order valence-electron chi connectivity index (χ1n) is 6.66. The standard InChI is InChI=1S/C14H16N4O2/c15-9-5-7-18(8-6-9)13-10-3-1-2-4-11(10)16-17-12(13)14(19)20/h1-4,9H,5-8,15H2,(H,19,20). The number of hydrogen-bond donors (Lipinski definition) is 2. The molecule has 0 spiro atoms. The van der Waals surface area contributed by atoms with Crippen LogP contribution in [0.5, 0.6) is 0 Å². The van der Waals surface area contributed by atoms with E-state index in [-0.39, 0.29) is 11.7 Å². The van der Waals surface area contributed by atoms with E-state index in [0.717, 1.165) is 31.3 Å². The average molecular weight is 272 g/mol. The number of nitrogens with zero attached hydrogens (tertiary/aromatic N) is 3. The maximum atomic E-state index is 11.4. The number of fused-ring (bicyclic) bond motifs is 1. The van der Waals surface area contributed by atoms with E-state index in [1.807, 2.05) is 24.3 Å². The van der Waals surface area contributed by atoms with Crippen molar-refractivity contribution in [1.82, 2.24) is 10.2 Å². The number of carboxylic acid groups (broad SMARTS) is 1. The Labute approximate surface area is 116 Å². The molecule has 1 aliphatic rings. The van der Waals surface area contributed by atoms with Crippen LogP contribution in [0.3, 0.4) is 0 Å².